The number of halogens is 1. The Bertz CT molecular complexity index is 574. The first kappa shape index (κ1) is 20.0. The number of hydrogen-bond donors (Lipinski definition) is 0. The fraction of sp³-hybridized carbons (Fsp3) is 0.600. The van der Waals surface area contributed by atoms with Gasteiger partial charge in [-0.25, -0.2) is 0 Å². The van der Waals surface area contributed by atoms with Gasteiger partial charge < -0.3 is 9.31 Å². The molecule has 24 heavy (non-hydrogen) atoms. The summed E-state index contributed by atoms with van der Waals surface area (Å²) < 4.78 is 13.8. The van der Waals surface area contributed by atoms with E-state index in [0.29, 0.717) is 0 Å². The van der Waals surface area contributed by atoms with Gasteiger partial charge >= 0.3 is 7.12 Å². The Morgan fingerprint density at radius 2 is 1.42 bits per heavy atom. The Hall–Kier alpha value is -0.325. The predicted octanol–water partition coefficient (Wildman–Crippen LogP) is 5.73. The number of allylic oxidation sites excluding steroid dienone is 2. The molecule has 2 rings (SSSR count). The van der Waals surface area contributed by atoms with E-state index in [1.807, 2.05) is 0 Å². The topological polar surface area (TPSA) is 18.5 Å². The van der Waals surface area contributed by atoms with Crippen molar-refractivity contribution >= 4 is 40.7 Å². The summed E-state index contributed by atoms with van der Waals surface area (Å²) >= 11 is 2.52. The minimum absolute atomic E-state index is 0.280. The highest BCUT2D eigenvalue weighted by atomic mass is 127. The van der Waals surface area contributed by atoms with Crippen LogP contribution in [0, 0.1) is 0 Å². The normalized spacial score (nSPS) is 20.2. The fourth-order valence-electron chi connectivity index (χ4n) is 2.88. The van der Waals surface area contributed by atoms with Crippen LogP contribution < -0.4 is 5.46 Å². The minimum atomic E-state index is -0.292. The summed E-state index contributed by atoms with van der Waals surface area (Å²) in [7, 11) is -0.280. The van der Waals surface area contributed by atoms with Gasteiger partial charge in [-0.3, -0.25) is 0 Å². The molecule has 1 fully saturated rings. The Morgan fingerprint density at radius 3 is 1.88 bits per heavy atom. The van der Waals surface area contributed by atoms with E-state index in [2.05, 4.69) is 88.4 Å². The quantitative estimate of drug-likeness (QED) is 0.416. The third kappa shape index (κ3) is 4.25. The smallest absolute Gasteiger partial charge is 0.399 e. The van der Waals surface area contributed by atoms with Crippen molar-refractivity contribution in [2.75, 3.05) is 0 Å². The molecule has 0 atom stereocenters. The zero-order valence-corrected chi connectivity index (χ0v) is 18.1. The third-order valence-corrected chi connectivity index (χ3v) is 6.27. The van der Waals surface area contributed by atoms with E-state index in [0.717, 1.165) is 18.3 Å². The van der Waals surface area contributed by atoms with Crippen LogP contribution >= 0.6 is 22.6 Å². The average Bonchev–Trinajstić information content (AvgIpc) is 2.73. The highest BCUT2D eigenvalue weighted by Crippen LogP contribution is 2.36. The van der Waals surface area contributed by atoms with E-state index < -0.39 is 0 Å². The maximum absolute atomic E-state index is 6.15. The van der Waals surface area contributed by atoms with Crippen LogP contribution in [0.4, 0.5) is 0 Å². The van der Waals surface area contributed by atoms with E-state index in [-0.39, 0.29) is 18.3 Å². The second-order valence-corrected chi connectivity index (χ2v) is 8.90. The molecule has 1 aliphatic heterocycles. The lowest BCUT2D eigenvalue weighted by Crippen LogP contribution is -2.41. The largest absolute Gasteiger partial charge is 0.494 e. The highest BCUT2D eigenvalue weighted by molar-refractivity contribution is 14.1. The lowest BCUT2D eigenvalue weighted by atomic mass is 9.78. The standard InChI is InChI=1S/C20H30BIO2/c1-7-9-17(18(22)10-8-2)15-11-13-16(14-12-15)21-23-19(3,4)20(5,6)24-21/h11-14H,7-10H2,1-6H3/b18-17-. The van der Waals surface area contributed by atoms with Crippen LogP contribution in [0.25, 0.3) is 5.57 Å². The molecule has 0 unspecified atom stereocenters. The predicted molar refractivity (Wildman–Crippen MR) is 113 cm³/mol. The van der Waals surface area contributed by atoms with Gasteiger partial charge in [-0.15, -0.1) is 0 Å². The van der Waals surface area contributed by atoms with E-state index in [4.69, 9.17) is 9.31 Å². The molecule has 0 amide bonds. The van der Waals surface area contributed by atoms with Gasteiger partial charge in [-0.05, 0) is 83.3 Å². The molecular weight excluding hydrogens is 410 g/mol. The molecule has 1 saturated heterocycles. The fourth-order valence-corrected chi connectivity index (χ4v) is 4.00. The lowest BCUT2D eigenvalue weighted by molar-refractivity contribution is 0.00578. The van der Waals surface area contributed by atoms with Crippen molar-refractivity contribution in [2.45, 2.75) is 78.4 Å². The van der Waals surface area contributed by atoms with Crippen molar-refractivity contribution in [2.24, 2.45) is 0 Å². The van der Waals surface area contributed by atoms with Gasteiger partial charge in [0.1, 0.15) is 0 Å². The molecule has 1 aromatic carbocycles. The minimum Gasteiger partial charge on any atom is -0.399 e. The summed E-state index contributed by atoms with van der Waals surface area (Å²) in [6.45, 7) is 12.9. The molecule has 0 spiro atoms. The first-order valence-electron chi connectivity index (χ1n) is 9.05. The van der Waals surface area contributed by atoms with Crippen LogP contribution in [0.15, 0.2) is 27.8 Å². The Morgan fingerprint density at radius 1 is 0.917 bits per heavy atom. The summed E-state index contributed by atoms with van der Waals surface area (Å²) in [5, 5.41) is 0. The summed E-state index contributed by atoms with van der Waals surface area (Å²) in [6.07, 6.45) is 4.66. The molecule has 4 heteroatoms. The van der Waals surface area contributed by atoms with Crippen molar-refractivity contribution in [1.82, 2.24) is 0 Å². The third-order valence-electron chi connectivity index (χ3n) is 5.08. The Labute approximate surface area is 161 Å². The zero-order chi connectivity index (χ0) is 18.0. The van der Waals surface area contributed by atoms with Gasteiger partial charge in [-0.2, -0.15) is 0 Å². The lowest BCUT2D eigenvalue weighted by Gasteiger charge is -2.32. The molecule has 0 aliphatic carbocycles. The molecule has 2 nitrogen and oxygen atoms in total. The highest BCUT2D eigenvalue weighted by Gasteiger charge is 2.51. The van der Waals surface area contributed by atoms with Crippen molar-refractivity contribution in [1.29, 1.82) is 0 Å². The molecule has 1 aromatic rings. The molecular formula is C20H30BIO2. The van der Waals surface area contributed by atoms with E-state index in [9.17, 15) is 0 Å². The second kappa shape index (κ2) is 7.92. The van der Waals surface area contributed by atoms with E-state index in [1.165, 1.54) is 27.6 Å². The van der Waals surface area contributed by atoms with Crippen LogP contribution in [-0.4, -0.2) is 18.3 Å². The van der Waals surface area contributed by atoms with Crippen LogP contribution in [-0.2, 0) is 9.31 Å². The molecule has 1 heterocycles. The maximum Gasteiger partial charge on any atom is 0.494 e. The van der Waals surface area contributed by atoms with Crippen molar-refractivity contribution < 1.29 is 9.31 Å². The molecule has 132 valence electrons. The van der Waals surface area contributed by atoms with Crippen LogP contribution in [0.1, 0.15) is 72.8 Å². The number of benzene rings is 1. The van der Waals surface area contributed by atoms with Gasteiger partial charge in [0.15, 0.2) is 0 Å². The average molecular weight is 440 g/mol. The van der Waals surface area contributed by atoms with Gasteiger partial charge in [0, 0.05) is 0 Å². The first-order chi connectivity index (χ1) is 11.2. The van der Waals surface area contributed by atoms with Crippen LogP contribution in [0.2, 0.25) is 0 Å². The zero-order valence-electron chi connectivity index (χ0n) is 15.9. The van der Waals surface area contributed by atoms with Crippen molar-refractivity contribution in [3.05, 3.63) is 33.4 Å². The Kier molecular flexibility index (Phi) is 6.60. The monoisotopic (exact) mass is 440 g/mol. The van der Waals surface area contributed by atoms with Gasteiger partial charge in [-0.1, -0.05) is 51.0 Å². The first-order valence-corrected chi connectivity index (χ1v) is 10.1. The molecule has 0 bridgehead atoms. The maximum atomic E-state index is 6.15. The van der Waals surface area contributed by atoms with Gasteiger partial charge in [0.25, 0.3) is 0 Å². The number of hydrogen-bond acceptors (Lipinski definition) is 2. The van der Waals surface area contributed by atoms with Crippen LogP contribution in [0.3, 0.4) is 0 Å². The molecule has 0 aromatic heterocycles. The number of rotatable bonds is 6. The van der Waals surface area contributed by atoms with Crippen molar-refractivity contribution in [3.8, 4) is 0 Å². The second-order valence-electron chi connectivity index (χ2n) is 7.59. The van der Waals surface area contributed by atoms with Gasteiger partial charge in [0.2, 0.25) is 0 Å². The molecule has 1 aliphatic rings. The van der Waals surface area contributed by atoms with Crippen molar-refractivity contribution in [3.63, 3.8) is 0 Å². The van der Waals surface area contributed by atoms with Gasteiger partial charge in [0.05, 0.1) is 11.2 Å². The summed E-state index contributed by atoms with van der Waals surface area (Å²) in [6, 6.07) is 8.76. The summed E-state index contributed by atoms with van der Waals surface area (Å²) in [5.74, 6) is 0. The van der Waals surface area contributed by atoms with E-state index in [1.54, 1.807) is 0 Å². The molecule has 0 N–H and O–H groups in total. The summed E-state index contributed by atoms with van der Waals surface area (Å²) in [4.78, 5) is 0. The van der Waals surface area contributed by atoms with Crippen LogP contribution in [0.5, 0.6) is 0 Å². The Balaban J connectivity index is 2.23. The SMILES string of the molecule is CCC/C(I)=C(\CCC)c1ccc(B2OC(C)(C)C(C)(C)O2)cc1. The van der Waals surface area contributed by atoms with E-state index >= 15 is 0 Å². The molecule has 0 saturated carbocycles. The summed E-state index contributed by atoms with van der Waals surface area (Å²) in [5.41, 5.74) is 3.33. The molecule has 0 radical (unpaired) electrons.